The van der Waals surface area contributed by atoms with Gasteiger partial charge >= 0.3 is 5.97 Å². The van der Waals surface area contributed by atoms with E-state index in [-0.39, 0.29) is 0 Å². The van der Waals surface area contributed by atoms with Crippen LogP contribution in [0, 0.1) is 0 Å². The molecule has 0 saturated carbocycles. The first-order valence-corrected chi connectivity index (χ1v) is 4.83. The van der Waals surface area contributed by atoms with E-state index in [4.69, 9.17) is 5.11 Å². The molecule has 0 amide bonds. The summed E-state index contributed by atoms with van der Waals surface area (Å²) in [4.78, 5) is 12.5. The first kappa shape index (κ1) is 10.3. The zero-order valence-electron chi connectivity index (χ0n) is 8.07. The number of carboxylic acids is 1. The van der Waals surface area contributed by atoms with Crippen LogP contribution in [0.5, 0.6) is 0 Å². The predicted octanol–water partition coefficient (Wildman–Crippen LogP) is 1.50. The van der Waals surface area contributed by atoms with E-state index in [2.05, 4.69) is 11.8 Å². The molecule has 74 valence electrons. The fourth-order valence-corrected chi connectivity index (χ4v) is 1.72. The molecule has 3 heteroatoms. The topological polar surface area (TPSA) is 40.5 Å². The van der Waals surface area contributed by atoms with Crippen LogP contribution in [0.4, 0.5) is 0 Å². The lowest BCUT2D eigenvalue weighted by Crippen LogP contribution is -2.37. The van der Waals surface area contributed by atoms with E-state index in [0.717, 1.165) is 13.1 Å². The van der Waals surface area contributed by atoms with Crippen molar-refractivity contribution in [2.75, 3.05) is 13.1 Å². The minimum absolute atomic E-state index is 0.604. The number of piperidine rings is 1. The van der Waals surface area contributed by atoms with Crippen molar-refractivity contribution < 1.29 is 9.90 Å². The molecule has 1 aliphatic rings. The molecule has 0 bridgehead atoms. The van der Waals surface area contributed by atoms with Gasteiger partial charge in [-0.05, 0) is 26.3 Å². The maximum Gasteiger partial charge on any atom is 0.328 e. The fraction of sp³-hybridized carbons (Fsp3) is 0.700. The smallest absolute Gasteiger partial charge is 0.328 e. The fourth-order valence-electron chi connectivity index (χ4n) is 1.72. The molecule has 0 aliphatic carbocycles. The Balaban J connectivity index is 2.30. The van der Waals surface area contributed by atoms with Crippen molar-refractivity contribution >= 4 is 5.97 Å². The van der Waals surface area contributed by atoms with E-state index in [0.29, 0.717) is 6.04 Å². The third-order valence-corrected chi connectivity index (χ3v) is 2.54. The highest BCUT2D eigenvalue weighted by Gasteiger charge is 2.16. The van der Waals surface area contributed by atoms with E-state index < -0.39 is 5.97 Å². The Kier molecular flexibility index (Phi) is 3.96. The van der Waals surface area contributed by atoms with E-state index in [1.165, 1.54) is 25.3 Å². The third kappa shape index (κ3) is 3.59. The van der Waals surface area contributed by atoms with Crippen LogP contribution < -0.4 is 0 Å². The molecule has 1 N–H and O–H groups in total. The van der Waals surface area contributed by atoms with Gasteiger partial charge in [-0.25, -0.2) is 4.79 Å². The van der Waals surface area contributed by atoms with Crippen LogP contribution in [0.15, 0.2) is 12.2 Å². The molecule has 13 heavy (non-hydrogen) atoms. The lowest BCUT2D eigenvalue weighted by Gasteiger charge is -2.32. The van der Waals surface area contributed by atoms with Gasteiger partial charge in [-0.2, -0.15) is 0 Å². The Morgan fingerprint density at radius 1 is 1.62 bits per heavy atom. The van der Waals surface area contributed by atoms with Crippen molar-refractivity contribution in [3.8, 4) is 0 Å². The zero-order chi connectivity index (χ0) is 9.68. The number of carbonyl (C=O) groups is 1. The first-order valence-electron chi connectivity index (χ1n) is 4.83. The minimum Gasteiger partial charge on any atom is -0.478 e. The molecule has 0 aromatic rings. The summed E-state index contributed by atoms with van der Waals surface area (Å²) >= 11 is 0. The van der Waals surface area contributed by atoms with Gasteiger partial charge in [-0.3, -0.25) is 4.90 Å². The second kappa shape index (κ2) is 5.02. The Morgan fingerprint density at radius 3 is 3.00 bits per heavy atom. The molecule has 1 unspecified atom stereocenters. The van der Waals surface area contributed by atoms with Crippen molar-refractivity contribution in [2.24, 2.45) is 0 Å². The normalized spacial score (nSPS) is 25.2. The Labute approximate surface area is 79.0 Å². The third-order valence-electron chi connectivity index (χ3n) is 2.54. The standard InChI is InChI=1S/C10H17NO2/c1-9-5-2-3-7-11(9)8-4-6-10(12)13/h4,6,9H,2-3,5,7-8H2,1H3,(H,12,13)/b6-4+. The molecular formula is C10H17NO2. The summed E-state index contributed by atoms with van der Waals surface area (Å²) in [6.45, 7) is 4.08. The van der Waals surface area contributed by atoms with Gasteiger partial charge in [-0.1, -0.05) is 12.5 Å². The van der Waals surface area contributed by atoms with Gasteiger partial charge in [0.15, 0.2) is 0 Å². The van der Waals surface area contributed by atoms with Crippen LogP contribution in [0.3, 0.4) is 0 Å². The average molecular weight is 183 g/mol. The molecular weight excluding hydrogens is 166 g/mol. The summed E-state index contributed by atoms with van der Waals surface area (Å²) in [7, 11) is 0. The number of rotatable bonds is 3. The average Bonchev–Trinajstić information content (AvgIpc) is 2.08. The molecule has 1 rings (SSSR count). The van der Waals surface area contributed by atoms with Crippen molar-refractivity contribution in [1.29, 1.82) is 0 Å². The highest BCUT2D eigenvalue weighted by Crippen LogP contribution is 2.15. The van der Waals surface area contributed by atoms with Gasteiger partial charge in [-0.15, -0.1) is 0 Å². The number of carboxylic acid groups (broad SMARTS) is 1. The molecule has 0 radical (unpaired) electrons. The lowest BCUT2D eigenvalue weighted by atomic mass is 10.0. The van der Waals surface area contributed by atoms with Crippen LogP contribution >= 0.6 is 0 Å². The molecule has 0 aromatic heterocycles. The van der Waals surface area contributed by atoms with Crippen molar-refractivity contribution in [3.05, 3.63) is 12.2 Å². The molecule has 1 aliphatic heterocycles. The monoisotopic (exact) mass is 183 g/mol. The summed E-state index contributed by atoms with van der Waals surface area (Å²) in [6, 6.07) is 0.604. The number of hydrogen-bond acceptors (Lipinski definition) is 2. The number of nitrogens with zero attached hydrogens (tertiary/aromatic N) is 1. The number of aliphatic carboxylic acids is 1. The number of likely N-dealkylation sites (tertiary alicyclic amines) is 1. The van der Waals surface area contributed by atoms with Crippen LogP contribution in [0.1, 0.15) is 26.2 Å². The van der Waals surface area contributed by atoms with Gasteiger partial charge in [0.1, 0.15) is 0 Å². The molecule has 1 fully saturated rings. The highest BCUT2D eigenvalue weighted by molar-refractivity contribution is 5.79. The van der Waals surface area contributed by atoms with Crippen LogP contribution in [0.2, 0.25) is 0 Å². The van der Waals surface area contributed by atoms with E-state index in [1.54, 1.807) is 6.08 Å². The zero-order valence-corrected chi connectivity index (χ0v) is 8.07. The molecule has 1 heterocycles. The van der Waals surface area contributed by atoms with Gasteiger partial charge in [0.05, 0.1) is 0 Å². The lowest BCUT2D eigenvalue weighted by molar-refractivity contribution is -0.131. The van der Waals surface area contributed by atoms with Crippen LogP contribution in [0.25, 0.3) is 0 Å². The molecule has 1 saturated heterocycles. The second-order valence-electron chi connectivity index (χ2n) is 3.58. The van der Waals surface area contributed by atoms with Gasteiger partial charge in [0, 0.05) is 18.7 Å². The highest BCUT2D eigenvalue weighted by atomic mass is 16.4. The largest absolute Gasteiger partial charge is 0.478 e. The number of hydrogen-bond donors (Lipinski definition) is 1. The van der Waals surface area contributed by atoms with Crippen molar-refractivity contribution in [2.45, 2.75) is 32.2 Å². The Morgan fingerprint density at radius 2 is 2.38 bits per heavy atom. The molecule has 3 nitrogen and oxygen atoms in total. The Bertz CT molecular complexity index is 201. The van der Waals surface area contributed by atoms with Crippen molar-refractivity contribution in [1.82, 2.24) is 4.90 Å². The predicted molar refractivity (Wildman–Crippen MR) is 51.7 cm³/mol. The summed E-state index contributed by atoms with van der Waals surface area (Å²) in [5.74, 6) is -0.857. The maximum absolute atomic E-state index is 10.2. The van der Waals surface area contributed by atoms with Crippen molar-refractivity contribution in [3.63, 3.8) is 0 Å². The Hall–Kier alpha value is -0.830. The van der Waals surface area contributed by atoms with Gasteiger partial charge < -0.3 is 5.11 Å². The molecule has 0 aromatic carbocycles. The van der Waals surface area contributed by atoms with E-state index in [9.17, 15) is 4.79 Å². The molecule has 1 atom stereocenters. The van der Waals surface area contributed by atoms with Gasteiger partial charge in [0.25, 0.3) is 0 Å². The summed E-state index contributed by atoms with van der Waals surface area (Å²) in [6.07, 6.45) is 6.73. The van der Waals surface area contributed by atoms with E-state index >= 15 is 0 Å². The minimum atomic E-state index is -0.857. The van der Waals surface area contributed by atoms with Crippen LogP contribution in [-0.4, -0.2) is 35.1 Å². The van der Waals surface area contributed by atoms with E-state index in [1.807, 2.05) is 0 Å². The summed E-state index contributed by atoms with van der Waals surface area (Å²) in [5.41, 5.74) is 0. The molecule has 0 spiro atoms. The second-order valence-corrected chi connectivity index (χ2v) is 3.58. The van der Waals surface area contributed by atoms with Crippen LogP contribution in [-0.2, 0) is 4.79 Å². The first-order chi connectivity index (χ1) is 6.20. The quantitative estimate of drug-likeness (QED) is 0.674. The van der Waals surface area contributed by atoms with Gasteiger partial charge in [0.2, 0.25) is 0 Å². The summed E-state index contributed by atoms with van der Waals surface area (Å²) < 4.78 is 0. The summed E-state index contributed by atoms with van der Waals surface area (Å²) in [5, 5.41) is 8.40. The maximum atomic E-state index is 10.2. The SMILES string of the molecule is CC1CCCCN1C/C=C/C(=O)O.